The molecule has 0 unspecified atom stereocenters. The molecule has 1 saturated heterocycles. The molecule has 4 rings (SSSR count). The molecule has 3 aromatic rings. The topological polar surface area (TPSA) is 141 Å². The highest BCUT2D eigenvalue weighted by Gasteiger charge is 2.25. The minimum Gasteiger partial charge on any atom is -0.449 e. The van der Waals surface area contributed by atoms with Crippen molar-refractivity contribution in [2.45, 2.75) is 20.3 Å². The van der Waals surface area contributed by atoms with Gasteiger partial charge in [0.05, 0.1) is 36.6 Å². The fourth-order valence-corrected chi connectivity index (χ4v) is 3.49. The number of rotatable bonds is 5. The molecular weight excluding hydrogens is 388 g/mol. The number of nitrogens with one attached hydrogen (secondary N) is 1. The van der Waals surface area contributed by atoms with Crippen LogP contribution in [0.5, 0.6) is 0 Å². The zero-order valence-corrected chi connectivity index (χ0v) is 16.7. The number of anilines is 2. The summed E-state index contributed by atoms with van der Waals surface area (Å²) in [6.45, 7) is 5.47. The van der Waals surface area contributed by atoms with Crippen molar-refractivity contribution in [2.24, 2.45) is 11.7 Å². The number of carbonyl (C=O) groups excluding carboxylic acids is 2. The Bertz CT molecular complexity index is 1100. The van der Waals surface area contributed by atoms with E-state index in [1.54, 1.807) is 12.4 Å². The van der Waals surface area contributed by atoms with Crippen LogP contribution in [0.3, 0.4) is 0 Å². The first-order valence-electron chi connectivity index (χ1n) is 9.52. The molecule has 11 heteroatoms. The van der Waals surface area contributed by atoms with Crippen LogP contribution in [0.4, 0.5) is 16.4 Å². The maximum atomic E-state index is 12.5. The van der Waals surface area contributed by atoms with Gasteiger partial charge in [-0.2, -0.15) is 0 Å². The van der Waals surface area contributed by atoms with Gasteiger partial charge in [0.25, 0.3) is 5.91 Å². The first-order valence-corrected chi connectivity index (χ1v) is 9.52. The van der Waals surface area contributed by atoms with Crippen molar-refractivity contribution in [1.82, 2.24) is 24.3 Å². The first-order chi connectivity index (χ1) is 14.4. The third-order valence-electron chi connectivity index (χ3n) is 4.91. The second kappa shape index (κ2) is 7.93. The maximum absolute atomic E-state index is 12.5. The number of ether oxygens (including phenoxy) is 1. The standard InChI is InChI=1S/C19H22N8O3/c1-11-7-27-9-15(24-12(2)17(27)23-11)25-18(28)14-5-22-16(6-21-14)26-4-3-13(8-26)10-30-19(20)29/h5-7,9,13H,3-4,8,10H2,1-2H3,(H2,20,29)(H,25,28)/t13-/m0/s1. The second-order valence-electron chi connectivity index (χ2n) is 7.27. The summed E-state index contributed by atoms with van der Waals surface area (Å²) >= 11 is 0. The highest BCUT2D eigenvalue weighted by molar-refractivity contribution is 6.02. The van der Waals surface area contributed by atoms with Crippen molar-refractivity contribution in [2.75, 3.05) is 29.9 Å². The lowest BCUT2D eigenvalue weighted by Crippen LogP contribution is -2.24. The molecule has 30 heavy (non-hydrogen) atoms. The number of carbonyl (C=O) groups is 2. The van der Waals surface area contributed by atoms with Gasteiger partial charge in [0.2, 0.25) is 0 Å². The van der Waals surface area contributed by atoms with Crippen LogP contribution in [-0.2, 0) is 4.74 Å². The van der Waals surface area contributed by atoms with E-state index in [-0.39, 0.29) is 18.2 Å². The molecule has 156 valence electrons. The molecule has 11 nitrogen and oxygen atoms in total. The van der Waals surface area contributed by atoms with E-state index >= 15 is 0 Å². The lowest BCUT2D eigenvalue weighted by molar-refractivity contribution is 0.102. The van der Waals surface area contributed by atoms with Gasteiger partial charge in [-0.15, -0.1) is 0 Å². The average Bonchev–Trinajstić information content (AvgIpc) is 3.33. The van der Waals surface area contributed by atoms with E-state index in [1.165, 1.54) is 6.20 Å². The van der Waals surface area contributed by atoms with Crippen molar-refractivity contribution in [3.8, 4) is 0 Å². The van der Waals surface area contributed by atoms with Crippen molar-refractivity contribution < 1.29 is 14.3 Å². The minimum atomic E-state index is -0.768. The van der Waals surface area contributed by atoms with Gasteiger partial charge in [0.15, 0.2) is 5.65 Å². The Labute approximate surface area is 172 Å². The Kier molecular flexibility index (Phi) is 5.17. The van der Waals surface area contributed by atoms with E-state index in [1.807, 2.05) is 29.3 Å². The van der Waals surface area contributed by atoms with Crippen molar-refractivity contribution in [3.63, 3.8) is 0 Å². The van der Waals surface area contributed by atoms with Gasteiger partial charge in [-0.1, -0.05) is 0 Å². The molecule has 1 atom stereocenters. The highest BCUT2D eigenvalue weighted by Crippen LogP contribution is 2.22. The van der Waals surface area contributed by atoms with Crippen LogP contribution in [0, 0.1) is 19.8 Å². The van der Waals surface area contributed by atoms with Crippen LogP contribution in [0.1, 0.15) is 28.3 Å². The summed E-state index contributed by atoms with van der Waals surface area (Å²) in [5.74, 6) is 0.868. The Hall–Kier alpha value is -3.76. The van der Waals surface area contributed by atoms with Gasteiger partial charge in [-0.25, -0.2) is 24.7 Å². The van der Waals surface area contributed by atoms with E-state index in [2.05, 4.69) is 25.3 Å². The third-order valence-corrected chi connectivity index (χ3v) is 4.91. The molecular formula is C19H22N8O3. The molecule has 0 bridgehead atoms. The summed E-state index contributed by atoms with van der Waals surface area (Å²) in [7, 11) is 0. The van der Waals surface area contributed by atoms with Gasteiger partial charge in [0, 0.05) is 25.2 Å². The molecule has 0 aromatic carbocycles. The van der Waals surface area contributed by atoms with Gasteiger partial charge < -0.3 is 25.1 Å². The van der Waals surface area contributed by atoms with Crippen LogP contribution in [-0.4, -0.2) is 56.0 Å². The maximum Gasteiger partial charge on any atom is 0.404 e. The molecule has 2 amide bonds. The van der Waals surface area contributed by atoms with Gasteiger partial charge in [-0.05, 0) is 20.3 Å². The van der Waals surface area contributed by atoms with Crippen LogP contribution in [0.15, 0.2) is 24.8 Å². The summed E-state index contributed by atoms with van der Waals surface area (Å²) in [5, 5.41) is 2.75. The molecule has 0 radical (unpaired) electrons. The quantitative estimate of drug-likeness (QED) is 0.641. The van der Waals surface area contributed by atoms with E-state index in [0.29, 0.717) is 23.9 Å². The number of nitrogens with two attached hydrogens (primary N) is 1. The van der Waals surface area contributed by atoms with Crippen molar-refractivity contribution >= 4 is 29.3 Å². The van der Waals surface area contributed by atoms with Crippen LogP contribution in [0.25, 0.3) is 5.65 Å². The number of hydrogen-bond acceptors (Lipinski definition) is 8. The lowest BCUT2D eigenvalue weighted by Gasteiger charge is -2.17. The Morgan fingerprint density at radius 3 is 2.80 bits per heavy atom. The molecule has 1 aliphatic rings. The van der Waals surface area contributed by atoms with E-state index in [4.69, 9.17) is 10.5 Å². The molecule has 3 aromatic heterocycles. The monoisotopic (exact) mass is 410 g/mol. The number of primary amides is 1. The zero-order valence-electron chi connectivity index (χ0n) is 16.7. The predicted octanol–water partition coefficient (Wildman–Crippen LogP) is 1.31. The Balaban J connectivity index is 1.40. The largest absolute Gasteiger partial charge is 0.449 e. The highest BCUT2D eigenvalue weighted by atomic mass is 16.5. The number of aryl methyl sites for hydroxylation is 2. The SMILES string of the molecule is Cc1cn2cc(NC(=O)c3cnc(N4CC[C@H](COC(N)=O)C4)cn3)nc(C)c2n1. The van der Waals surface area contributed by atoms with Crippen LogP contribution < -0.4 is 16.0 Å². The molecule has 0 saturated carbocycles. The van der Waals surface area contributed by atoms with Crippen molar-refractivity contribution in [1.29, 1.82) is 0 Å². The number of imidazole rings is 1. The molecule has 4 heterocycles. The second-order valence-corrected chi connectivity index (χ2v) is 7.27. The molecule has 1 fully saturated rings. The van der Waals surface area contributed by atoms with Crippen molar-refractivity contribution in [3.05, 3.63) is 41.9 Å². The normalized spacial score (nSPS) is 16.1. The number of hydrogen-bond donors (Lipinski definition) is 2. The van der Waals surface area contributed by atoms with E-state index < -0.39 is 12.0 Å². The minimum absolute atomic E-state index is 0.188. The number of nitrogens with zero attached hydrogens (tertiary/aromatic N) is 6. The third kappa shape index (κ3) is 4.14. The summed E-state index contributed by atoms with van der Waals surface area (Å²) in [6, 6.07) is 0. The number of fused-ring (bicyclic) bond motifs is 1. The zero-order chi connectivity index (χ0) is 21.3. The van der Waals surface area contributed by atoms with Crippen LogP contribution >= 0.6 is 0 Å². The summed E-state index contributed by atoms with van der Waals surface area (Å²) in [5.41, 5.74) is 7.53. The van der Waals surface area contributed by atoms with Crippen LogP contribution in [0.2, 0.25) is 0 Å². The van der Waals surface area contributed by atoms with E-state index in [0.717, 1.165) is 24.3 Å². The Morgan fingerprint density at radius 2 is 2.07 bits per heavy atom. The molecule has 1 aliphatic heterocycles. The summed E-state index contributed by atoms with van der Waals surface area (Å²) < 4.78 is 6.69. The van der Waals surface area contributed by atoms with Gasteiger partial charge in [0.1, 0.15) is 17.3 Å². The van der Waals surface area contributed by atoms with Gasteiger partial charge in [-0.3, -0.25) is 4.79 Å². The lowest BCUT2D eigenvalue weighted by atomic mass is 10.1. The molecule has 0 aliphatic carbocycles. The fraction of sp³-hybridized carbons (Fsp3) is 0.368. The summed E-state index contributed by atoms with van der Waals surface area (Å²) in [6.07, 6.45) is 6.67. The molecule has 3 N–H and O–H groups in total. The predicted molar refractivity (Wildman–Crippen MR) is 108 cm³/mol. The first kappa shape index (κ1) is 19.6. The number of aromatic nitrogens is 5. The Morgan fingerprint density at radius 1 is 1.23 bits per heavy atom. The smallest absolute Gasteiger partial charge is 0.404 e. The summed E-state index contributed by atoms with van der Waals surface area (Å²) in [4.78, 5) is 42.7. The van der Waals surface area contributed by atoms with E-state index in [9.17, 15) is 9.59 Å². The van der Waals surface area contributed by atoms with Gasteiger partial charge >= 0.3 is 6.09 Å². The average molecular weight is 410 g/mol. The molecule has 0 spiro atoms. The number of amides is 2. The fourth-order valence-electron chi connectivity index (χ4n) is 3.49.